The van der Waals surface area contributed by atoms with Crippen LogP contribution in [0, 0.1) is 18.8 Å². The van der Waals surface area contributed by atoms with Crippen LogP contribution in [0.15, 0.2) is 23.1 Å². The van der Waals surface area contributed by atoms with Crippen molar-refractivity contribution in [3.63, 3.8) is 0 Å². The van der Waals surface area contributed by atoms with E-state index in [1.54, 1.807) is 18.2 Å². The molecule has 1 aliphatic heterocycles. The second kappa shape index (κ2) is 6.49. The van der Waals surface area contributed by atoms with Crippen molar-refractivity contribution in [1.29, 1.82) is 0 Å². The molecule has 7 heteroatoms. The van der Waals surface area contributed by atoms with Gasteiger partial charge in [0.1, 0.15) is 0 Å². The Balaban J connectivity index is 2.38. The Morgan fingerprint density at radius 3 is 2.52 bits per heavy atom. The molecule has 1 N–H and O–H groups in total. The Morgan fingerprint density at radius 2 is 1.96 bits per heavy atom. The number of anilines is 1. The van der Waals surface area contributed by atoms with Crippen molar-refractivity contribution in [1.82, 2.24) is 4.31 Å². The number of hydrogen-bond donors (Lipinski definition) is 1. The summed E-state index contributed by atoms with van der Waals surface area (Å²) in [5, 5.41) is 9.24. The summed E-state index contributed by atoms with van der Waals surface area (Å²) in [6.45, 7) is 4.21. The molecule has 1 heterocycles. The number of aryl methyl sites for hydroxylation is 1. The van der Waals surface area contributed by atoms with Crippen molar-refractivity contribution < 1.29 is 18.3 Å². The summed E-state index contributed by atoms with van der Waals surface area (Å²) in [5.41, 5.74) is 1.83. The maximum atomic E-state index is 12.9. The van der Waals surface area contributed by atoms with Gasteiger partial charge in [0.05, 0.1) is 10.8 Å². The number of hydrogen-bond acceptors (Lipinski definition) is 4. The molecule has 1 saturated heterocycles. The first-order valence-corrected chi connectivity index (χ1v) is 9.08. The van der Waals surface area contributed by atoms with Gasteiger partial charge in [0.15, 0.2) is 0 Å². The Morgan fingerprint density at radius 1 is 1.30 bits per heavy atom. The molecule has 1 aromatic carbocycles. The third kappa shape index (κ3) is 3.67. The molecular weight excluding hydrogens is 316 g/mol. The fraction of sp³-hybridized carbons (Fsp3) is 0.562. The van der Waals surface area contributed by atoms with Gasteiger partial charge in [-0.25, -0.2) is 8.42 Å². The summed E-state index contributed by atoms with van der Waals surface area (Å²) in [5.74, 6) is -1.56. The van der Waals surface area contributed by atoms with Crippen LogP contribution in [0.5, 0.6) is 0 Å². The van der Waals surface area contributed by atoms with Crippen LogP contribution < -0.4 is 4.90 Å². The van der Waals surface area contributed by atoms with Gasteiger partial charge in [-0.3, -0.25) is 4.79 Å². The molecule has 0 aromatic heterocycles. The number of carbonyl (C=O) groups is 1. The van der Waals surface area contributed by atoms with Crippen molar-refractivity contribution in [2.75, 3.05) is 32.1 Å². The molecule has 0 bridgehead atoms. The van der Waals surface area contributed by atoms with Crippen LogP contribution in [0.25, 0.3) is 0 Å². The molecule has 2 atom stereocenters. The summed E-state index contributed by atoms with van der Waals surface area (Å²) < 4.78 is 27.1. The maximum Gasteiger partial charge on any atom is 0.307 e. The van der Waals surface area contributed by atoms with Crippen LogP contribution in [-0.4, -0.2) is 51.0 Å². The van der Waals surface area contributed by atoms with Crippen molar-refractivity contribution in [3.8, 4) is 0 Å². The SMILES string of the molecule is Cc1ccc(S(=O)(=O)N2CC(C)CC(C(=O)O)C2)cc1N(C)C. The van der Waals surface area contributed by atoms with Crippen LogP contribution >= 0.6 is 0 Å². The largest absolute Gasteiger partial charge is 0.481 e. The topological polar surface area (TPSA) is 77.9 Å². The van der Waals surface area contributed by atoms with E-state index in [2.05, 4.69) is 0 Å². The number of benzene rings is 1. The van der Waals surface area contributed by atoms with Crippen LogP contribution in [0.3, 0.4) is 0 Å². The molecule has 2 rings (SSSR count). The second-order valence-electron chi connectivity index (χ2n) is 6.54. The summed E-state index contributed by atoms with van der Waals surface area (Å²) in [4.78, 5) is 13.4. The molecule has 2 unspecified atom stereocenters. The highest BCUT2D eigenvalue weighted by molar-refractivity contribution is 7.89. The Labute approximate surface area is 137 Å². The van der Waals surface area contributed by atoms with Crippen LogP contribution in [0.1, 0.15) is 18.9 Å². The third-order valence-corrected chi connectivity index (χ3v) is 6.10. The van der Waals surface area contributed by atoms with Gasteiger partial charge in [0, 0.05) is 32.9 Å². The highest BCUT2D eigenvalue weighted by atomic mass is 32.2. The predicted molar refractivity (Wildman–Crippen MR) is 89.2 cm³/mol. The number of piperidine rings is 1. The molecule has 0 amide bonds. The summed E-state index contributed by atoms with van der Waals surface area (Å²) in [6, 6.07) is 5.02. The van der Waals surface area contributed by atoms with E-state index in [1.165, 1.54) is 4.31 Å². The lowest BCUT2D eigenvalue weighted by atomic mass is 9.92. The smallest absolute Gasteiger partial charge is 0.307 e. The lowest BCUT2D eigenvalue weighted by Gasteiger charge is -2.34. The number of rotatable bonds is 4. The van der Waals surface area contributed by atoms with E-state index in [-0.39, 0.29) is 17.4 Å². The average molecular weight is 340 g/mol. The maximum absolute atomic E-state index is 12.9. The average Bonchev–Trinajstić information content (AvgIpc) is 2.46. The highest BCUT2D eigenvalue weighted by Gasteiger charge is 2.36. The quantitative estimate of drug-likeness (QED) is 0.904. The summed E-state index contributed by atoms with van der Waals surface area (Å²) in [6.07, 6.45) is 0.512. The number of nitrogens with zero attached hydrogens (tertiary/aromatic N) is 2. The van der Waals surface area contributed by atoms with Crippen molar-refractivity contribution in [2.24, 2.45) is 11.8 Å². The zero-order valence-electron chi connectivity index (χ0n) is 14.0. The Bertz CT molecular complexity index is 700. The molecule has 1 fully saturated rings. The van der Waals surface area contributed by atoms with Gasteiger partial charge in [0.25, 0.3) is 0 Å². The Kier molecular flexibility index (Phi) is 5.01. The second-order valence-corrected chi connectivity index (χ2v) is 8.48. The number of carboxylic acid groups (broad SMARTS) is 1. The van der Waals surface area contributed by atoms with Gasteiger partial charge in [-0.15, -0.1) is 0 Å². The van der Waals surface area contributed by atoms with Crippen LogP contribution in [0.4, 0.5) is 5.69 Å². The predicted octanol–water partition coefficient (Wildman–Crippen LogP) is 1.79. The monoisotopic (exact) mass is 340 g/mol. The molecule has 0 aliphatic carbocycles. The standard InChI is InChI=1S/C16H24N2O4S/c1-11-7-13(16(19)20)10-18(9-11)23(21,22)14-6-5-12(2)15(8-14)17(3)4/h5-6,8,11,13H,7,9-10H2,1-4H3,(H,19,20). The van der Waals surface area contributed by atoms with E-state index in [9.17, 15) is 18.3 Å². The molecule has 128 valence electrons. The lowest BCUT2D eigenvalue weighted by molar-refractivity contribution is -0.143. The summed E-state index contributed by atoms with van der Waals surface area (Å²) in [7, 11) is 0.0357. The van der Waals surface area contributed by atoms with E-state index in [0.717, 1.165) is 11.3 Å². The molecule has 1 aromatic rings. The van der Waals surface area contributed by atoms with Gasteiger partial charge in [-0.05, 0) is 37.0 Å². The van der Waals surface area contributed by atoms with Crippen LogP contribution in [-0.2, 0) is 14.8 Å². The van der Waals surface area contributed by atoms with E-state index in [1.807, 2.05) is 32.8 Å². The summed E-state index contributed by atoms with van der Waals surface area (Å²) >= 11 is 0. The number of sulfonamides is 1. The molecule has 0 radical (unpaired) electrons. The molecule has 6 nitrogen and oxygen atoms in total. The van der Waals surface area contributed by atoms with Gasteiger partial charge >= 0.3 is 5.97 Å². The van der Waals surface area contributed by atoms with Crippen molar-refractivity contribution in [3.05, 3.63) is 23.8 Å². The number of carboxylic acids is 1. The fourth-order valence-electron chi connectivity index (χ4n) is 3.06. The minimum Gasteiger partial charge on any atom is -0.481 e. The van der Waals surface area contributed by atoms with Crippen molar-refractivity contribution >= 4 is 21.7 Å². The van der Waals surface area contributed by atoms with E-state index in [0.29, 0.717) is 13.0 Å². The van der Waals surface area contributed by atoms with Crippen LogP contribution in [0.2, 0.25) is 0 Å². The van der Waals surface area contributed by atoms with E-state index < -0.39 is 21.9 Å². The van der Waals surface area contributed by atoms with E-state index in [4.69, 9.17) is 0 Å². The normalized spacial score (nSPS) is 22.8. The zero-order chi connectivity index (χ0) is 17.4. The first kappa shape index (κ1) is 17.7. The fourth-order valence-corrected chi connectivity index (χ4v) is 4.68. The molecule has 23 heavy (non-hydrogen) atoms. The van der Waals surface area contributed by atoms with Gasteiger partial charge in [0.2, 0.25) is 10.0 Å². The zero-order valence-corrected chi connectivity index (χ0v) is 14.8. The first-order chi connectivity index (χ1) is 10.6. The first-order valence-electron chi connectivity index (χ1n) is 7.64. The molecule has 0 spiro atoms. The minimum atomic E-state index is -3.69. The molecular formula is C16H24N2O4S. The third-order valence-electron chi connectivity index (χ3n) is 4.28. The number of aliphatic carboxylic acids is 1. The Hall–Kier alpha value is -1.60. The molecule has 1 aliphatic rings. The van der Waals surface area contributed by atoms with Gasteiger partial charge < -0.3 is 10.0 Å². The van der Waals surface area contributed by atoms with E-state index >= 15 is 0 Å². The van der Waals surface area contributed by atoms with Crippen molar-refractivity contribution in [2.45, 2.75) is 25.2 Å². The lowest BCUT2D eigenvalue weighted by Crippen LogP contribution is -2.45. The van der Waals surface area contributed by atoms with Gasteiger partial charge in [-0.2, -0.15) is 4.31 Å². The minimum absolute atomic E-state index is 0.0263. The highest BCUT2D eigenvalue weighted by Crippen LogP contribution is 2.29. The molecule has 0 saturated carbocycles. The van der Waals surface area contributed by atoms with Gasteiger partial charge in [-0.1, -0.05) is 13.0 Å².